The van der Waals surface area contributed by atoms with Crippen LogP contribution in [0.25, 0.3) is 0 Å². The maximum Gasteiger partial charge on any atom is 0.0749 e. The van der Waals surface area contributed by atoms with Gasteiger partial charge in [0.25, 0.3) is 0 Å². The molecule has 0 saturated heterocycles. The van der Waals surface area contributed by atoms with Crippen molar-refractivity contribution in [3.05, 3.63) is 65.2 Å². The number of hydrogen-bond donors (Lipinski definition) is 1. The average Bonchev–Trinajstić information content (AvgIpc) is 2.47. The molecule has 0 spiro atoms. The maximum atomic E-state index is 6.16. The van der Waals surface area contributed by atoms with Crippen LogP contribution in [0.4, 0.5) is 5.69 Å². The number of nitrogen functional groups attached to an aromatic ring is 1. The zero-order valence-electron chi connectivity index (χ0n) is 12.1. The Kier molecular flexibility index (Phi) is 3.09. The molecule has 2 nitrogen and oxygen atoms in total. The van der Waals surface area contributed by atoms with Gasteiger partial charge in [-0.1, -0.05) is 49.4 Å². The van der Waals surface area contributed by atoms with Crippen molar-refractivity contribution >= 4 is 11.4 Å². The van der Waals surface area contributed by atoms with Crippen LogP contribution in [0.1, 0.15) is 37.0 Å². The second kappa shape index (κ2) is 4.78. The summed E-state index contributed by atoms with van der Waals surface area (Å²) in [5, 5.41) is 0. The van der Waals surface area contributed by atoms with Crippen LogP contribution in [-0.2, 0) is 6.42 Å². The quantitative estimate of drug-likeness (QED) is 0.822. The lowest BCUT2D eigenvalue weighted by atomic mass is 9.82. The largest absolute Gasteiger partial charge is 0.398 e. The van der Waals surface area contributed by atoms with Crippen LogP contribution in [-0.4, -0.2) is 11.3 Å². The summed E-state index contributed by atoms with van der Waals surface area (Å²) in [6, 6.07) is 16.5. The van der Waals surface area contributed by atoms with Crippen molar-refractivity contribution in [3.8, 4) is 0 Å². The molecule has 2 aromatic carbocycles. The molecule has 0 fully saturated rings. The van der Waals surface area contributed by atoms with E-state index in [9.17, 15) is 0 Å². The highest BCUT2D eigenvalue weighted by atomic mass is 14.9. The maximum absolute atomic E-state index is 6.16. The molecule has 0 aliphatic carbocycles. The second-order valence-electron chi connectivity index (χ2n) is 5.73. The van der Waals surface area contributed by atoms with E-state index < -0.39 is 0 Å². The van der Waals surface area contributed by atoms with Crippen molar-refractivity contribution in [2.75, 3.05) is 5.73 Å². The van der Waals surface area contributed by atoms with Gasteiger partial charge in [-0.15, -0.1) is 0 Å². The molecule has 0 bridgehead atoms. The number of benzene rings is 2. The Morgan fingerprint density at radius 2 is 1.70 bits per heavy atom. The molecule has 0 saturated carbocycles. The summed E-state index contributed by atoms with van der Waals surface area (Å²) in [6.45, 7) is 4.42. The molecule has 1 unspecified atom stereocenters. The summed E-state index contributed by atoms with van der Waals surface area (Å²) in [6.07, 6.45) is 2.02. The number of nitrogens with two attached hydrogens (primary N) is 1. The van der Waals surface area contributed by atoms with E-state index in [1.807, 2.05) is 18.2 Å². The average molecular weight is 264 g/mol. The molecular formula is C18H20N2. The van der Waals surface area contributed by atoms with Crippen LogP contribution in [0.3, 0.4) is 0 Å². The second-order valence-corrected chi connectivity index (χ2v) is 5.73. The van der Waals surface area contributed by atoms with Gasteiger partial charge < -0.3 is 5.73 Å². The van der Waals surface area contributed by atoms with E-state index in [-0.39, 0.29) is 5.54 Å². The van der Waals surface area contributed by atoms with Crippen molar-refractivity contribution < 1.29 is 0 Å². The van der Waals surface area contributed by atoms with Crippen LogP contribution >= 0.6 is 0 Å². The summed E-state index contributed by atoms with van der Waals surface area (Å²) in [4.78, 5) is 5.04. The molecule has 2 N–H and O–H groups in total. The fraction of sp³-hybridized carbons (Fsp3) is 0.278. The van der Waals surface area contributed by atoms with E-state index in [1.54, 1.807) is 0 Å². The number of aliphatic imine (C=N–C) groups is 1. The lowest BCUT2D eigenvalue weighted by molar-refractivity contribution is 0.448. The van der Waals surface area contributed by atoms with Gasteiger partial charge in [-0.2, -0.15) is 0 Å². The Morgan fingerprint density at radius 3 is 2.40 bits per heavy atom. The predicted molar refractivity (Wildman–Crippen MR) is 85.3 cm³/mol. The molecule has 1 atom stereocenters. The minimum Gasteiger partial charge on any atom is -0.398 e. The lowest BCUT2D eigenvalue weighted by Gasteiger charge is -2.32. The summed E-state index contributed by atoms with van der Waals surface area (Å²) >= 11 is 0. The fourth-order valence-corrected chi connectivity index (χ4v) is 2.81. The highest BCUT2D eigenvalue weighted by Gasteiger charge is 2.30. The summed E-state index contributed by atoms with van der Waals surface area (Å²) in [5.41, 5.74) is 11.6. The fourth-order valence-electron chi connectivity index (χ4n) is 2.81. The Balaban J connectivity index is 2.23. The van der Waals surface area contributed by atoms with Gasteiger partial charge in [0.05, 0.1) is 11.3 Å². The molecule has 2 heteroatoms. The normalized spacial score (nSPS) is 21.2. The molecular weight excluding hydrogens is 244 g/mol. The first-order valence-electron chi connectivity index (χ1n) is 7.16. The summed E-state index contributed by atoms with van der Waals surface area (Å²) < 4.78 is 0. The number of para-hydroxylation sites is 1. The highest BCUT2D eigenvalue weighted by molar-refractivity contribution is 6.17. The van der Waals surface area contributed by atoms with Gasteiger partial charge in [-0.25, -0.2) is 0 Å². The monoisotopic (exact) mass is 264 g/mol. The van der Waals surface area contributed by atoms with E-state index in [0.717, 1.165) is 29.8 Å². The van der Waals surface area contributed by atoms with Crippen LogP contribution < -0.4 is 5.73 Å². The topological polar surface area (TPSA) is 38.4 Å². The van der Waals surface area contributed by atoms with E-state index in [1.165, 1.54) is 11.1 Å². The Morgan fingerprint density at radius 1 is 1.05 bits per heavy atom. The van der Waals surface area contributed by atoms with Crippen molar-refractivity contribution in [2.24, 2.45) is 4.99 Å². The third-order valence-corrected chi connectivity index (χ3v) is 4.20. The highest BCUT2D eigenvalue weighted by Crippen LogP contribution is 2.32. The molecule has 1 aliphatic rings. The zero-order valence-corrected chi connectivity index (χ0v) is 12.1. The molecule has 20 heavy (non-hydrogen) atoms. The van der Waals surface area contributed by atoms with Crippen molar-refractivity contribution in [1.82, 2.24) is 0 Å². The van der Waals surface area contributed by atoms with E-state index in [0.29, 0.717) is 0 Å². The standard InChI is InChI=1S/C18H20N2/c1-3-18(2)12-13-8-4-5-9-14(13)17(20-18)15-10-6-7-11-16(15)19/h4-11H,3,12,19H2,1-2H3. The summed E-state index contributed by atoms with van der Waals surface area (Å²) in [5.74, 6) is 0. The first-order valence-corrected chi connectivity index (χ1v) is 7.16. The van der Waals surface area contributed by atoms with E-state index in [2.05, 4.69) is 44.2 Å². The number of fused-ring (bicyclic) bond motifs is 1. The minimum atomic E-state index is -0.0357. The van der Waals surface area contributed by atoms with Gasteiger partial charge in [0.1, 0.15) is 0 Å². The van der Waals surface area contributed by atoms with Gasteiger partial charge in [-0.05, 0) is 31.4 Å². The molecule has 2 aromatic rings. The molecule has 1 aliphatic heterocycles. The van der Waals surface area contributed by atoms with Gasteiger partial charge in [0.15, 0.2) is 0 Å². The third kappa shape index (κ3) is 2.11. The van der Waals surface area contributed by atoms with Crippen LogP contribution in [0, 0.1) is 0 Å². The smallest absolute Gasteiger partial charge is 0.0749 e. The van der Waals surface area contributed by atoms with Gasteiger partial charge in [0.2, 0.25) is 0 Å². The molecule has 1 heterocycles. The third-order valence-electron chi connectivity index (χ3n) is 4.20. The zero-order chi connectivity index (χ0) is 14.2. The van der Waals surface area contributed by atoms with E-state index >= 15 is 0 Å². The van der Waals surface area contributed by atoms with Gasteiger partial charge in [0, 0.05) is 16.8 Å². The lowest BCUT2D eigenvalue weighted by Crippen LogP contribution is -2.32. The van der Waals surface area contributed by atoms with Crippen molar-refractivity contribution in [1.29, 1.82) is 0 Å². The summed E-state index contributed by atoms with van der Waals surface area (Å²) in [7, 11) is 0. The minimum absolute atomic E-state index is 0.0357. The van der Waals surface area contributed by atoms with Crippen LogP contribution in [0.5, 0.6) is 0 Å². The molecule has 0 amide bonds. The predicted octanol–water partition coefficient (Wildman–Crippen LogP) is 3.83. The van der Waals surface area contributed by atoms with Gasteiger partial charge in [-0.3, -0.25) is 4.99 Å². The Bertz CT molecular complexity index is 673. The first kappa shape index (κ1) is 12.9. The number of nitrogens with zero attached hydrogens (tertiary/aromatic N) is 1. The van der Waals surface area contributed by atoms with Crippen molar-refractivity contribution in [3.63, 3.8) is 0 Å². The van der Waals surface area contributed by atoms with Crippen LogP contribution in [0.2, 0.25) is 0 Å². The SMILES string of the molecule is CCC1(C)Cc2ccccc2C(c2ccccc2N)=N1. The molecule has 0 radical (unpaired) electrons. The van der Waals surface area contributed by atoms with E-state index in [4.69, 9.17) is 10.7 Å². The van der Waals surface area contributed by atoms with Gasteiger partial charge >= 0.3 is 0 Å². The number of hydrogen-bond acceptors (Lipinski definition) is 2. The Hall–Kier alpha value is -2.09. The number of rotatable bonds is 2. The molecule has 102 valence electrons. The molecule has 0 aromatic heterocycles. The number of anilines is 1. The molecule has 3 rings (SSSR count). The van der Waals surface area contributed by atoms with Crippen LogP contribution in [0.15, 0.2) is 53.5 Å². The first-order chi connectivity index (χ1) is 9.63. The Labute approximate surface area is 120 Å². The van der Waals surface area contributed by atoms with Crippen molar-refractivity contribution in [2.45, 2.75) is 32.2 Å².